The van der Waals surface area contributed by atoms with Gasteiger partial charge in [0, 0.05) is 6.42 Å². The Labute approximate surface area is 127 Å². The molecule has 0 amide bonds. The summed E-state index contributed by atoms with van der Waals surface area (Å²) in [6.07, 6.45) is 4.24. The molecular formula is C18H14O4. The molecule has 22 heavy (non-hydrogen) atoms. The summed E-state index contributed by atoms with van der Waals surface area (Å²) in [4.78, 5) is 12.8. The van der Waals surface area contributed by atoms with Gasteiger partial charge in [-0.05, 0) is 29.3 Å². The third-order valence-electron chi connectivity index (χ3n) is 3.82. The van der Waals surface area contributed by atoms with E-state index in [0.29, 0.717) is 35.8 Å². The summed E-state index contributed by atoms with van der Waals surface area (Å²) in [5.41, 5.74) is 2.50. The maximum absolute atomic E-state index is 12.8. The molecule has 2 aliphatic rings. The molecule has 0 N–H and O–H groups in total. The molecule has 0 unspecified atom stereocenters. The number of benzene rings is 2. The zero-order chi connectivity index (χ0) is 14.9. The van der Waals surface area contributed by atoms with Crippen LogP contribution >= 0.6 is 0 Å². The largest absolute Gasteiger partial charge is 0.489 e. The molecule has 110 valence electrons. The van der Waals surface area contributed by atoms with Gasteiger partial charge in [-0.2, -0.15) is 0 Å². The van der Waals surface area contributed by atoms with Gasteiger partial charge >= 0.3 is 0 Å². The molecule has 0 aliphatic carbocycles. The van der Waals surface area contributed by atoms with Crippen molar-refractivity contribution in [3.05, 3.63) is 59.2 Å². The number of carbonyl (C=O) groups is 1. The molecule has 4 nitrogen and oxygen atoms in total. The van der Waals surface area contributed by atoms with E-state index in [9.17, 15) is 4.79 Å². The van der Waals surface area contributed by atoms with Gasteiger partial charge in [0.15, 0.2) is 17.3 Å². The zero-order valence-electron chi connectivity index (χ0n) is 11.9. The normalized spacial score (nSPS) is 17.2. The smallest absolute Gasteiger partial charge is 0.231 e. The Bertz CT molecular complexity index is 777. The van der Waals surface area contributed by atoms with Crippen LogP contribution in [0.3, 0.4) is 0 Å². The zero-order valence-corrected chi connectivity index (χ0v) is 11.9. The summed E-state index contributed by atoms with van der Waals surface area (Å²) in [7, 11) is 0. The van der Waals surface area contributed by atoms with Gasteiger partial charge in [-0.25, -0.2) is 0 Å². The Hall–Kier alpha value is -2.75. The minimum absolute atomic E-state index is 0.0277. The molecule has 4 heteroatoms. The van der Waals surface area contributed by atoms with E-state index in [1.165, 1.54) is 0 Å². The molecule has 0 spiro atoms. The molecule has 0 saturated carbocycles. The van der Waals surface area contributed by atoms with Crippen LogP contribution in [0.5, 0.6) is 17.2 Å². The van der Waals surface area contributed by atoms with Crippen molar-refractivity contribution < 1.29 is 19.0 Å². The van der Waals surface area contributed by atoms with Gasteiger partial charge in [0.2, 0.25) is 6.79 Å². The number of carbonyl (C=O) groups excluding carboxylic acids is 1. The Kier molecular flexibility index (Phi) is 3.07. The van der Waals surface area contributed by atoms with Crippen molar-refractivity contribution in [2.45, 2.75) is 6.42 Å². The van der Waals surface area contributed by atoms with E-state index in [-0.39, 0.29) is 12.6 Å². The monoisotopic (exact) mass is 294 g/mol. The van der Waals surface area contributed by atoms with Gasteiger partial charge in [0.1, 0.15) is 17.9 Å². The van der Waals surface area contributed by atoms with Crippen molar-refractivity contribution >= 4 is 11.9 Å². The van der Waals surface area contributed by atoms with Crippen LogP contribution in [0.2, 0.25) is 0 Å². The molecule has 0 saturated heterocycles. The highest BCUT2D eigenvalue weighted by Crippen LogP contribution is 2.41. The number of rotatable bonds is 0. The van der Waals surface area contributed by atoms with Gasteiger partial charge in [-0.15, -0.1) is 0 Å². The van der Waals surface area contributed by atoms with E-state index in [2.05, 4.69) is 0 Å². The molecule has 0 fully saturated rings. The second-order valence-electron chi connectivity index (χ2n) is 5.18. The maximum atomic E-state index is 12.8. The first-order valence-corrected chi connectivity index (χ1v) is 7.16. The van der Waals surface area contributed by atoms with Crippen LogP contribution in [0.4, 0.5) is 0 Å². The van der Waals surface area contributed by atoms with Crippen molar-refractivity contribution in [3.63, 3.8) is 0 Å². The van der Waals surface area contributed by atoms with Crippen molar-refractivity contribution in [3.8, 4) is 17.2 Å². The summed E-state index contributed by atoms with van der Waals surface area (Å²) in [5, 5.41) is 0. The molecule has 2 aliphatic heterocycles. The highest BCUT2D eigenvalue weighted by atomic mass is 16.7. The summed E-state index contributed by atoms with van der Waals surface area (Å²) in [6.45, 7) is 0.532. The summed E-state index contributed by atoms with van der Waals surface area (Å²) in [5.74, 6) is 1.60. The molecule has 0 bridgehead atoms. The Balaban J connectivity index is 1.84. The molecule has 0 atom stereocenters. The minimum Gasteiger partial charge on any atom is -0.489 e. The predicted octanol–water partition coefficient (Wildman–Crippen LogP) is 3.25. The number of ether oxygens (including phenoxy) is 3. The predicted molar refractivity (Wildman–Crippen MR) is 81.6 cm³/mol. The van der Waals surface area contributed by atoms with Gasteiger partial charge in [-0.1, -0.05) is 30.3 Å². The fraction of sp³-hybridized carbons (Fsp3) is 0.167. The molecule has 2 aromatic carbocycles. The quantitative estimate of drug-likeness (QED) is 0.748. The van der Waals surface area contributed by atoms with Crippen molar-refractivity contribution in [1.82, 2.24) is 0 Å². The third kappa shape index (κ3) is 2.13. The Morgan fingerprint density at radius 1 is 0.909 bits per heavy atom. The lowest BCUT2D eigenvalue weighted by molar-refractivity contribution is 0.0984. The van der Waals surface area contributed by atoms with Crippen molar-refractivity contribution in [2.24, 2.45) is 0 Å². The second kappa shape index (κ2) is 5.22. The molecule has 4 rings (SSSR count). The van der Waals surface area contributed by atoms with Crippen LogP contribution < -0.4 is 14.2 Å². The molecule has 2 heterocycles. The standard InChI is InChI=1S/C18H14O4/c19-14-10-13-5-2-1-4-12(13)6-3-9-20-15-7-8-16-18(17(14)15)22-11-21-16/h1-8H,9-11H2/b6-3-. The Morgan fingerprint density at radius 2 is 1.77 bits per heavy atom. The van der Waals surface area contributed by atoms with Gasteiger partial charge in [-0.3, -0.25) is 4.79 Å². The number of fused-ring (bicyclic) bond motifs is 4. The van der Waals surface area contributed by atoms with Crippen LogP contribution in [-0.2, 0) is 6.42 Å². The third-order valence-corrected chi connectivity index (χ3v) is 3.82. The van der Waals surface area contributed by atoms with E-state index in [1.54, 1.807) is 12.1 Å². The number of hydrogen-bond donors (Lipinski definition) is 0. The highest BCUT2D eigenvalue weighted by Gasteiger charge is 2.27. The van der Waals surface area contributed by atoms with E-state index >= 15 is 0 Å². The maximum Gasteiger partial charge on any atom is 0.231 e. The lowest BCUT2D eigenvalue weighted by atomic mass is 9.97. The van der Waals surface area contributed by atoms with Crippen LogP contribution in [0, 0.1) is 0 Å². The minimum atomic E-state index is -0.0277. The second-order valence-corrected chi connectivity index (χ2v) is 5.18. The first-order valence-electron chi connectivity index (χ1n) is 7.16. The van der Waals surface area contributed by atoms with E-state index < -0.39 is 0 Å². The Morgan fingerprint density at radius 3 is 2.73 bits per heavy atom. The fourth-order valence-electron chi connectivity index (χ4n) is 2.77. The number of Topliss-reactive ketones (excluding diaryl/α,β-unsaturated/α-hetero) is 1. The van der Waals surface area contributed by atoms with Crippen LogP contribution in [0.1, 0.15) is 21.5 Å². The van der Waals surface area contributed by atoms with E-state index in [0.717, 1.165) is 11.1 Å². The van der Waals surface area contributed by atoms with Gasteiger partial charge in [0.25, 0.3) is 0 Å². The first-order chi connectivity index (χ1) is 10.8. The topological polar surface area (TPSA) is 44.8 Å². The summed E-state index contributed by atoms with van der Waals surface area (Å²) in [6, 6.07) is 11.4. The lowest BCUT2D eigenvalue weighted by Crippen LogP contribution is -2.10. The van der Waals surface area contributed by atoms with Gasteiger partial charge in [0.05, 0.1) is 0 Å². The van der Waals surface area contributed by atoms with Crippen LogP contribution in [0.15, 0.2) is 42.5 Å². The molecule has 2 aromatic rings. The lowest BCUT2D eigenvalue weighted by Gasteiger charge is -2.14. The van der Waals surface area contributed by atoms with E-state index in [4.69, 9.17) is 14.2 Å². The van der Waals surface area contributed by atoms with Crippen LogP contribution in [-0.4, -0.2) is 19.2 Å². The van der Waals surface area contributed by atoms with Gasteiger partial charge < -0.3 is 14.2 Å². The van der Waals surface area contributed by atoms with E-state index in [1.807, 2.05) is 36.4 Å². The average Bonchev–Trinajstić information content (AvgIpc) is 3.00. The van der Waals surface area contributed by atoms with Crippen molar-refractivity contribution in [2.75, 3.05) is 13.4 Å². The first kappa shape index (κ1) is 13.0. The molecular weight excluding hydrogens is 280 g/mol. The SMILES string of the molecule is O=C1Cc2ccccc2/C=C\COc2ccc3c(c21)OCO3. The van der Waals surface area contributed by atoms with Crippen LogP contribution in [0.25, 0.3) is 6.08 Å². The highest BCUT2D eigenvalue weighted by molar-refractivity contribution is 6.03. The summed E-state index contributed by atoms with van der Waals surface area (Å²) >= 11 is 0. The fourth-order valence-corrected chi connectivity index (χ4v) is 2.77. The number of ketones is 1. The molecule has 0 radical (unpaired) electrons. The number of hydrogen-bond acceptors (Lipinski definition) is 4. The van der Waals surface area contributed by atoms with Crippen molar-refractivity contribution in [1.29, 1.82) is 0 Å². The summed E-state index contributed by atoms with van der Waals surface area (Å²) < 4.78 is 16.6. The average molecular weight is 294 g/mol. The molecule has 0 aromatic heterocycles.